The lowest BCUT2D eigenvalue weighted by Crippen LogP contribution is -2.46. The molecule has 0 radical (unpaired) electrons. The number of nitrogens with one attached hydrogen (secondary N) is 2. The van der Waals surface area contributed by atoms with Crippen LogP contribution in [-0.4, -0.2) is 32.1 Å². The van der Waals surface area contributed by atoms with Gasteiger partial charge in [-0.05, 0) is 50.6 Å². The summed E-state index contributed by atoms with van der Waals surface area (Å²) in [7, 11) is -2.08. The minimum atomic E-state index is -3.44. The van der Waals surface area contributed by atoms with E-state index in [2.05, 4.69) is 10.0 Å². The Morgan fingerprint density at radius 2 is 1.90 bits per heavy atom. The van der Waals surface area contributed by atoms with Crippen LogP contribution in [0.15, 0.2) is 29.2 Å². The topological polar surface area (TPSA) is 95.5 Å². The molecule has 0 bridgehead atoms. The number of hydrogen-bond donors (Lipinski definition) is 3. The van der Waals surface area contributed by atoms with Crippen LogP contribution in [0.4, 0.5) is 5.69 Å². The van der Waals surface area contributed by atoms with Gasteiger partial charge in [-0.2, -0.15) is 0 Å². The van der Waals surface area contributed by atoms with Crippen molar-refractivity contribution in [3.05, 3.63) is 24.3 Å². The second kappa shape index (κ2) is 5.41. The van der Waals surface area contributed by atoms with Gasteiger partial charge in [-0.3, -0.25) is 4.79 Å². The van der Waals surface area contributed by atoms with Crippen LogP contribution < -0.4 is 10.0 Å². The summed E-state index contributed by atoms with van der Waals surface area (Å²) in [5.74, 6) is -0.827. The predicted molar refractivity (Wildman–Crippen MR) is 75.1 cm³/mol. The van der Waals surface area contributed by atoms with E-state index < -0.39 is 21.5 Å². The molecule has 0 spiro atoms. The number of rotatable bonds is 6. The molecule has 110 valence electrons. The van der Waals surface area contributed by atoms with Crippen molar-refractivity contribution >= 4 is 21.7 Å². The van der Waals surface area contributed by atoms with Crippen molar-refractivity contribution in [1.29, 1.82) is 0 Å². The minimum Gasteiger partial charge on any atom is -0.481 e. The first-order chi connectivity index (χ1) is 9.37. The number of benzene rings is 1. The Morgan fingerprint density at radius 3 is 2.30 bits per heavy atom. The molecule has 20 heavy (non-hydrogen) atoms. The third-order valence-corrected chi connectivity index (χ3v) is 5.07. The average Bonchev–Trinajstić information content (AvgIpc) is 2.36. The molecule has 1 saturated carbocycles. The van der Waals surface area contributed by atoms with E-state index in [4.69, 9.17) is 5.11 Å². The van der Waals surface area contributed by atoms with Crippen molar-refractivity contribution in [1.82, 2.24) is 4.72 Å². The van der Waals surface area contributed by atoms with Gasteiger partial charge >= 0.3 is 5.97 Å². The molecule has 3 N–H and O–H groups in total. The minimum absolute atomic E-state index is 0.0730. The largest absolute Gasteiger partial charge is 0.481 e. The molecule has 0 saturated heterocycles. The molecule has 1 aromatic rings. The summed E-state index contributed by atoms with van der Waals surface area (Å²) >= 11 is 0. The van der Waals surface area contributed by atoms with E-state index in [1.165, 1.54) is 19.2 Å². The van der Waals surface area contributed by atoms with Gasteiger partial charge in [0.05, 0.1) is 11.3 Å². The molecule has 1 fully saturated rings. The van der Waals surface area contributed by atoms with Gasteiger partial charge in [-0.25, -0.2) is 13.1 Å². The lowest BCUT2D eigenvalue weighted by Gasteiger charge is -2.42. The molecular formula is C13H18N2O4S. The van der Waals surface area contributed by atoms with Gasteiger partial charge in [0.15, 0.2) is 0 Å². The Morgan fingerprint density at radius 1 is 1.30 bits per heavy atom. The summed E-state index contributed by atoms with van der Waals surface area (Å²) in [6.45, 7) is 0. The zero-order valence-corrected chi connectivity index (χ0v) is 12.0. The predicted octanol–water partition coefficient (Wildman–Crippen LogP) is 1.40. The Kier molecular flexibility index (Phi) is 4.01. The lowest BCUT2D eigenvalue weighted by molar-refractivity contribution is -0.138. The van der Waals surface area contributed by atoms with E-state index in [0.717, 1.165) is 24.9 Å². The van der Waals surface area contributed by atoms with Gasteiger partial charge in [-0.1, -0.05) is 0 Å². The van der Waals surface area contributed by atoms with Crippen molar-refractivity contribution in [2.45, 2.75) is 36.1 Å². The van der Waals surface area contributed by atoms with Crippen molar-refractivity contribution in [3.63, 3.8) is 0 Å². The molecule has 0 atom stereocenters. The molecular weight excluding hydrogens is 280 g/mol. The fraction of sp³-hybridized carbons (Fsp3) is 0.462. The van der Waals surface area contributed by atoms with Gasteiger partial charge in [0.1, 0.15) is 0 Å². The van der Waals surface area contributed by atoms with Gasteiger partial charge in [0.25, 0.3) is 0 Å². The van der Waals surface area contributed by atoms with Gasteiger partial charge in [0.2, 0.25) is 10.0 Å². The third kappa shape index (κ3) is 3.10. The van der Waals surface area contributed by atoms with Gasteiger partial charge < -0.3 is 10.4 Å². The summed E-state index contributed by atoms with van der Waals surface area (Å²) in [6.07, 6.45) is 2.71. The molecule has 2 rings (SSSR count). The number of aliphatic carboxylic acids is 1. The molecule has 0 aromatic heterocycles. The smallest absolute Gasteiger partial charge is 0.305 e. The van der Waals surface area contributed by atoms with Crippen molar-refractivity contribution in [3.8, 4) is 0 Å². The van der Waals surface area contributed by atoms with E-state index in [9.17, 15) is 13.2 Å². The van der Waals surface area contributed by atoms with Crippen LogP contribution in [0.2, 0.25) is 0 Å². The molecule has 6 nitrogen and oxygen atoms in total. The Hall–Kier alpha value is -1.60. The van der Waals surface area contributed by atoms with Crippen LogP contribution in [0.25, 0.3) is 0 Å². The SMILES string of the molecule is CNS(=O)(=O)c1ccc(NC2(CC(=O)O)CCC2)cc1. The second-order valence-corrected chi connectivity index (χ2v) is 6.95. The number of anilines is 1. The molecule has 1 aliphatic carbocycles. The highest BCUT2D eigenvalue weighted by molar-refractivity contribution is 7.89. The third-order valence-electron chi connectivity index (χ3n) is 3.64. The second-order valence-electron chi connectivity index (χ2n) is 5.06. The first-order valence-corrected chi connectivity index (χ1v) is 7.89. The van der Waals surface area contributed by atoms with Gasteiger partial charge in [0, 0.05) is 11.2 Å². The molecule has 1 aliphatic rings. The molecule has 1 aromatic carbocycles. The monoisotopic (exact) mass is 298 g/mol. The van der Waals surface area contributed by atoms with Crippen LogP contribution >= 0.6 is 0 Å². The summed E-state index contributed by atoms with van der Waals surface area (Å²) in [5.41, 5.74) is 0.343. The summed E-state index contributed by atoms with van der Waals surface area (Å²) < 4.78 is 25.4. The average molecular weight is 298 g/mol. The number of sulfonamides is 1. The number of carbonyl (C=O) groups is 1. The molecule has 7 heteroatoms. The fourth-order valence-electron chi connectivity index (χ4n) is 2.38. The van der Waals surface area contributed by atoms with Crippen molar-refractivity contribution < 1.29 is 18.3 Å². The summed E-state index contributed by atoms with van der Waals surface area (Å²) in [5, 5.41) is 12.2. The van der Waals surface area contributed by atoms with Crippen LogP contribution in [-0.2, 0) is 14.8 Å². The zero-order chi connectivity index (χ0) is 14.8. The van der Waals surface area contributed by atoms with Crippen LogP contribution in [0.5, 0.6) is 0 Å². The standard InChI is InChI=1S/C13H18N2O4S/c1-14-20(18,19)11-5-3-10(4-6-11)15-13(7-2-8-13)9-12(16)17/h3-6,14-15H,2,7-9H2,1H3,(H,16,17). The zero-order valence-electron chi connectivity index (χ0n) is 11.2. The van der Waals surface area contributed by atoms with E-state index >= 15 is 0 Å². The maximum Gasteiger partial charge on any atom is 0.305 e. The fourth-order valence-corrected chi connectivity index (χ4v) is 3.11. The Bertz CT molecular complexity index is 591. The van der Waals surface area contributed by atoms with E-state index in [1.54, 1.807) is 12.1 Å². The number of hydrogen-bond acceptors (Lipinski definition) is 4. The van der Waals surface area contributed by atoms with Crippen LogP contribution in [0.1, 0.15) is 25.7 Å². The quantitative estimate of drug-likeness (QED) is 0.738. The van der Waals surface area contributed by atoms with E-state index in [0.29, 0.717) is 0 Å². The maximum atomic E-state index is 11.6. The van der Waals surface area contributed by atoms with E-state index in [-0.39, 0.29) is 11.3 Å². The first kappa shape index (κ1) is 14.8. The highest BCUT2D eigenvalue weighted by Crippen LogP contribution is 2.38. The summed E-state index contributed by atoms with van der Waals surface area (Å²) in [6, 6.07) is 6.32. The van der Waals surface area contributed by atoms with Gasteiger partial charge in [-0.15, -0.1) is 0 Å². The molecule has 0 aliphatic heterocycles. The van der Waals surface area contributed by atoms with Crippen LogP contribution in [0.3, 0.4) is 0 Å². The van der Waals surface area contributed by atoms with Crippen LogP contribution in [0, 0.1) is 0 Å². The molecule has 0 unspecified atom stereocenters. The van der Waals surface area contributed by atoms with Crippen molar-refractivity contribution in [2.24, 2.45) is 0 Å². The lowest BCUT2D eigenvalue weighted by atomic mass is 9.74. The number of carboxylic acids is 1. The first-order valence-electron chi connectivity index (χ1n) is 6.40. The number of carboxylic acid groups (broad SMARTS) is 1. The Labute approximate surface area is 118 Å². The normalized spacial score (nSPS) is 17.2. The summed E-state index contributed by atoms with van der Waals surface area (Å²) in [4.78, 5) is 11.1. The Balaban J connectivity index is 2.13. The highest BCUT2D eigenvalue weighted by atomic mass is 32.2. The van der Waals surface area contributed by atoms with Crippen molar-refractivity contribution in [2.75, 3.05) is 12.4 Å². The highest BCUT2D eigenvalue weighted by Gasteiger charge is 2.38. The van der Waals surface area contributed by atoms with E-state index in [1.807, 2.05) is 0 Å². The molecule has 0 heterocycles. The maximum absolute atomic E-state index is 11.6. The molecule has 0 amide bonds.